The van der Waals surface area contributed by atoms with E-state index in [9.17, 15) is 0 Å². The van der Waals surface area contributed by atoms with E-state index in [0.29, 0.717) is 0 Å². The summed E-state index contributed by atoms with van der Waals surface area (Å²) in [5.41, 5.74) is 11.6. The van der Waals surface area contributed by atoms with Gasteiger partial charge in [-0.15, -0.1) is 0 Å². The third-order valence-electron chi connectivity index (χ3n) is 13.5. The van der Waals surface area contributed by atoms with E-state index in [4.69, 9.17) is 0 Å². The number of hydrogen-bond donors (Lipinski definition) is 0. The van der Waals surface area contributed by atoms with E-state index >= 15 is 0 Å². The second-order valence-corrected chi connectivity index (χ2v) is 21.1. The zero-order valence-electron chi connectivity index (χ0n) is 37.0. The van der Waals surface area contributed by atoms with Gasteiger partial charge >= 0.3 is 0 Å². The van der Waals surface area contributed by atoms with Crippen molar-refractivity contribution in [3.05, 3.63) is 279 Å². The second-order valence-electron chi connectivity index (χ2n) is 17.2. The van der Waals surface area contributed by atoms with Crippen LogP contribution in [0.3, 0.4) is 0 Å². The zero-order chi connectivity index (χ0) is 44.6. The molecule has 2 nitrogen and oxygen atoms in total. The van der Waals surface area contributed by atoms with Gasteiger partial charge < -0.3 is 9.47 Å². The fourth-order valence-electron chi connectivity index (χ4n) is 10.6. The first-order valence-electron chi connectivity index (χ1n) is 23.1. The zero-order valence-corrected chi connectivity index (χ0v) is 38.0. The van der Waals surface area contributed by atoms with Crippen molar-refractivity contribution in [2.24, 2.45) is 0 Å². The molecule has 0 saturated heterocycles. The second kappa shape index (κ2) is 17.1. The average Bonchev–Trinajstić information content (AvgIpc) is 3.75. The Labute approximate surface area is 392 Å². The van der Waals surface area contributed by atoms with E-state index in [-0.39, 0.29) is 0 Å². The minimum atomic E-state index is -2.72. The standard InChI is InChI=1S/C64H46N2Si/c1-5-23-50(24-6-1)66-62-36-16-15-33-61(62)64-60(35-19-37-63(64)66)48-38-40-51(41-39-48)65(53-25-17-22-49(46-53)59-34-18-21-47-20-13-14-32-58(47)59)52-42-44-57(45-43-52)67(54-26-7-2-8-27-54,55-28-9-3-10-29-55)56-30-11-4-12-31-56/h1-46H. The van der Waals surface area contributed by atoms with Crippen LogP contribution in [-0.4, -0.2) is 12.6 Å². The van der Waals surface area contributed by atoms with Crippen LogP contribution in [0.1, 0.15) is 0 Å². The lowest BCUT2D eigenvalue weighted by Gasteiger charge is -2.35. The normalized spacial score (nSPS) is 11.6. The van der Waals surface area contributed by atoms with Crippen molar-refractivity contribution in [3.63, 3.8) is 0 Å². The Hall–Kier alpha value is -8.50. The molecule has 0 unspecified atom stereocenters. The lowest BCUT2D eigenvalue weighted by atomic mass is 9.97. The molecule has 316 valence electrons. The molecule has 1 aromatic heterocycles. The molecular formula is C64H46N2Si. The lowest BCUT2D eigenvalue weighted by molar-refractivity contribution is 1.18. The third kappa shape index (κ3) is 6.96. The third-order valence-corrected chi connectivity index (χ3v) is 18.3. The number of hydrogen-bond acceptors (Lipinski definition) is 1. The molecule has 0 atom stereocenters. The van der Waals surface area contributed by atoms with Gasteiger partial charge in [-0.25, -0.2) is 0 Å². The van der Waals surface area contributed by atoms with Gasteiger partial charge in [0.25, 0.3) is 0 Å². The van der Waals surface area contributed by atoms with Crippen LogP contribution >= 0.6 is 0 Å². The van der Waals surface area contributed by atoms with Crippen molar-refractivity contribution >= 4 is 78.5 Å². The SMILES string of the molecule is c1ccc(-n2c3ccccc3c3c(-c4ccc(N(c5ccc([Si](c6ccccc6)(c6ccccc6)c6ccccc6)cc5)c5cccc(-c6cccc7ccccc67)c5)cc4)cccc32)cc1. The molecule has 1 heterocycles. The van der Waals surface area contributed by atoms with Crippen LogP contribution in [0.2, 0.25) is 0 Å². The number of nitrogens with zero attached hydrogens (tertiary/aromatic N) is 2. The fraction of sp³-hybridized carbons (Fsp3) is 0. The highest BCUT2D eigenvalue weighted by molar-refractivity contribution is 7.19. The van der Waals surface area contributed by atoms with Crippen LogP contribution in [0.15, 0.2) is 279 Å². The molecule has 0 aliphatic carbocycles. The molecule has 0 amide bonds. The van der Waals surface area contributed by atoms with E-state index in [2.05, 4.69) is 289 Å². The maximum absolute atomic E-state index is 2.72. The molecule has 0 spiro atoms. The molecule has 67 heavy (non-hydrogen) atoms. The predicted molar refractivity (Wildman–Crippen MR) is 287 cm³/mol. The molecular weight excluding hydrogens is 825 g/mol. The molecule has 0 aliphatic rings. The first-order chi connectivity index (χ1) is 33.3. The van der Waals surface area contributed by atoms with Crippen molar-refractivity contribution in [2.75, 3.05) is 4.90 Å². The molecule has 3 heteroatoms. The van der Waals surface area contributed by atoms with Crippen LogP contribution in [0.4, 0.5) is 17.1 Å². The van der Waals surface area contributed by atoms with Gasteiger partial charge in [-0.2, -0.15) is 0 Å². The van der Waals surface area contributed by atoms with Gasteiger partial charge in [0, 0.05) is 33.5 Å². The quantitative estimate of drug-likeness (QED) is 0.0982. The largest absolute Gasteiger partial charge is 0.310 e. The van der Waals surface area contributed by atoms with Gasteiger partial charge in [0.1, 0.15) is 0 Å². The maximum atomic E-state index is 2.42. The molecule has 0 radical (unpaired) electrons. The van der Waals surface area contributed by atoms with Crippen LogP contribution in [0, 0.1) is 0 Å². The predicted octanol–water partition coefficient (Wildman–Crippen LogP) is 14.1. The molecule has 0 saturated carbocycles. The summed E-state index contributed by atoms with van der Waals surface area (Å²) in [4.78, 5) is 2.42. The Morgan fingerprint density at radius 1 is 0.299 bits per heavy atom. The van der Waals surface area contributed by atoms with Gasteiger partial charge in [0.2, 0.25) is 0 Å². The van der Waals surface area contributed by atoms with Crippen LogP contribution in [-0.2, 0) is 0 Å². The summed E-state index contributed by atoms with van der Waals surface area (Å²) >= 11 is 0. The lowest BCUT2D eigenvalue weighted by Crippen LogP contribution is -2.74. The minimum absolute atomic E-state index is 1.09. The number of fused-ring (bicyclic) bond motifs is 4. The summed E-state index contributed by atoms with van der Waals surface area (Å²) in [6.45, 7) is 0. The van der Waals surface area contributed by atoms with E-state index in [1.807, 2.05) is 0 Å². The Bertz CT molecular complexity index is 3560. The van der Waals surface area contributed by atoms with Crippen molar-refractivity contribution in [2.45, 2.75) is 0 Å². The van der Waals surface area contributed by atoms with Gasteiger partial charge in [-0.05, 0) is 114 Å². The number of benzene rings is 11. The number of para-hydroxylation sites is 2. The van der Waals surface area contributed by atoms with E-state index < -0.39 is 8.07 Å². The summed E-state index contributed by atoms with van der Waals surface area (Å²) in [6, 6.07) is 103. The van der Waals surface area contributed by atoms with Crippen molar-refractivity contribution in [1.29, 1.82) is 0 Å². The van der Waals surface area contributed by atoms with E-state index in [1.165, 1.54) is 75.6 Å². The first kappa shape index (κ1) is 40.0. The first-order valence-corrected chi connectivity index (χ1v) is 25.1. The number of aromatic nitrogens is 1. The molecule has 0 bridgehead atoms. The molecule has 0 fully saturated rings. The van der Waals surface area contributed by atoms with Gasteiger partial charge in [0.15, 0.2) is 8.07 Å². The van der Waals surface area contributed by atoms with Crippen LogP contribution in [0.5, 0.6) is 0 Å². The van der Waals surface area contributed by atoms with Crippen molar-refractivity contribution in [3.8, 4) is 27.9 Å². The monoisotopic (exact) mass is 870 g/mol. The Morgan fingerprint density at radius 2 is 0.776 bits per heavy atom. The summed E-state index contributed by atoms with van der Waals surface area (Å²) in [6.07, 6.45) is 0. The number of rotatable bonds is 10. The Kier molecular flexibility index (Phi) is 10.2. The highest BCUT2D eigenvalue weighted by atomic mass is 28.3. The van der Waals surface area contributed by atoms with E-state index in [0.717, 1.165) is 22.7 Å². The minimum Gasteiger partial charge on any atom is -0.310 e. The van der Waals surface area contributed by atoms with Crippen molar-refractivity contribution < 1.29 is 0 Å². The smallest absolute Gasteiger partial charge is 0.179 e. The summed E-state index contributed by atoms with van der Waals surface area (Å²) < 4.78 is 2.39. The molecule has 0 N–H and O–H groups in total. The van der Waals surface area contributed by atoms with Crippen LogP contribution in [0.25, 0.3) is 60.5 Å². The summed E-state index contributed by atoms with van der Waals surface area (Å²) in [7, 11) is -2.72. The summed E-state index contributed by atoms with van der Waals surface area (Å²) in [5.74, 6) is 0. The molecule has 0 aliphatic heterocycles. The Balaban J connectivity index is 1.02. The van der Waals surface area contributed by atoms with Gasteiger partial charge in [-0.1, -0.05) is 218 Å². The number of anilines is 3. The van der Waals surface area contributed by atoms with Gasteiger partial charge in [-0.3, -0.25) is 0 Å². The van der Waals surface area contributed by atoms with Crippen LogP contribution < -0.4 is 25.6 Å². The fourth-order valence-corrected chi connectivity index (χ4v) is 15.3. The Morgan fingerprint density at radius 3 is 1.43 bits per heavy atom. The molecule has 12 rings (SSSR count). The average molecular weight is 871 g/mol. The van der Waals surface area contributed by atoms with Crippen molar-refractivity contribution in [1.82, 2.24) is 4.57 Å². The van der Waals surface area contributed by atoms with E-state index in [1.54, 1.807) is 0 Å². The molecule has 11 aromatic carbocycles. The maximum Gasteiger partial charge on any atom is 0.179 e. The molecule has 12 aromatic rings. The summed E-state index contributed by atoms with van der Waals surface area (Å²) in [5, 5.41) is 10.4. The topological polar surface area (TPSA) is 8.17 Å². The van der Waals surface area contributed by atoms with Gasteiger partial charge in [0.05, 0.1) is 11.0 Å². The highest BCUT2D eigenvalue weighted by Gasteiger charge is 2.41. The highest BCUT2D eigenvalue weighted by Crippen LogP contribution is 2.41.